The molecule has 94 valence electrons. The topological polar surface area (TPSA) is 42.7 Å². The van der Waals surface area contributed by atoms with Crippen molar-refractivity contribution in [1.29, 1.82) is 0 Å². The normalized spacial score (nSPS) is 14.9. The standard InChI is InChI=1S/C14H18N4/c1-2-4-14(12-5-6-12)13(3-1)11-15-7-9-18-10-8-16-17-18/h1-4,8,10,12,15H,5-7,9,11H2. The van der Waals surface area contributed by atoms with Crippen molar-refractivity contribution in [1.82, 2.24) is 20.3 Å². The molecular formula is C14H18N4. The Kier molecular flexibility index (Phi) is 3.37. The van der Waals surface area contributed by atoms with Crippen LogP contribution in [0.1, 0.15) is 29.9 Å². The second-order valence-electron chi connectivity index (χ2n) is 4.82. The maximum atomic E-state index is 3.94. The largest absolute Gasteiger partial charge is 0.311 e. The van der Waals surface area contributed by atoms with Crippen LogP contribution in [0.15, 0.2) is 36.7 Å². The third-order valence-electron chi connectivity index (χ3n) is 3.38. The molecule has 4 nitrogen and oxygen atoms in total. The van der Waals surface area contributed by atoms with Gasteiger partial charge >= 0.3 is 0 Å². The second-order valence-corrected chi connectivity index (χ2v) is 4.82. The molecule has 1 aliphatic rings. The zero-order valence-electron chi connectivity index (χ0n) is 10.4. The summed E-state index contributed by atoms with van der Waals surface area (Å²) in [6, 6.07) is 8.77. The molecule has 0 unspecified atom stereocenters. The summed E-state index contributed by atoms with van der Waals surface area (Å²) in [4.78, 5) is 0. The first-order chi connectivity index (χ1) is 8.93. The molecule has 1 aromatic heterocycles. The van der Waals surface area contributed by atoms with Crippen LogP contribution in [0.2, 0.25) is 0 Å². The Hall–Kier alpha value is -1.68. The number of nitrogens with zero attached hydrogens (tertiary/aromatic N) is 3. The molecule has 0 atom stereocenters. The van der Waals surface area contributed by atoms with E-state index in [4.69, 9.17) is 0 Å². The Labute approximate surface area is 107 Å². The number of hydrogen-bond acceptors (Lipinski definition) is 3. The summed E-state index contributed by atoms with van der Waals surface area (Å²) in [5, 5.41) is 11.2. The molecule has 0 aliphatic heterocycles. The van der Waals surface area contributed by atoms with E-state index in [-0.39, 0.29) is 0 Å². The minimum atomic E-state index is 0.818. The van der Waals surface area contributed by atoms with Crippen molar-refractivity contribution < 1.29 is 0 Å². The molecule has 1 aliphatic carbocycles. The molecule has 0 spiro atoms. The van der Waals surface area contributed by atoms with E-state index in [0.717, 1.165) is 25.6 Å². The van der Waals surface area contributed by atoms with Gasteiger partial charge in [-0.2, -0.15) is 0 Å². The van der Waals surface area contributed by atoms with Crippen LogP contribution in [0, 0.1) is 0 Å². The lowest BCUT2D eigenvalue weighted by molar-refractivity contribution is 0.539. The van der Waals surface area contributed by atoms with E-state index in [1.807, 2.05) is 10.9 Å². The smallest absolute Gasteiger partial charge is 0.0692 e. The molecule has 1 saturated carbocycles. The number of nitrogens with one attached hydrogen (secondary N) is 1. The van der Waals surface area contributed by atoms with Gasteiger partial charge in [-0.25, -0.2) is 0 Å². The lowest BCUT2D eigenvalue weighted by Gasteiger charge is -2.09. The maximum absolute atomic E-state index is 3.94. The molecule has 0 amide bonds. The molecule has 0 radical (unpaired) electrons. The molecule has 0 saturated heterocycles. The first-order valence-electron chi connectivity index (χ1n) is 6.56. The van der Waals surface area contributed by atoms with Crippen molar-refractivity contribution in [2.45, 2.75) is 31.8 Å². The van der Waals surface area contributed by atoms with Gasteiger partial charge in [0.1, 0.15) is 0 Å². The number of rotatable bonds is 6. The minimum absolute atomic E-state index is 0.818. The lowest BCUT2D eigenvalue weighted by Crippen LogP contribution is -2.20. The van der Waals surface area contributed by atoms with Crippen LogP contribution in [-0.4, -0.2) is 21.5 Å². The fourth-order valence-corrected chi connectivity index (χ4v) is 2.26. The van der Waals surface area contributed by atoms with Crippen LogP contribution in [0.4, 0.5) is 0 Å². The van der Waals surface area contributed by atoms with E-state index in [0.29, 0.717) is 0 Å². The summed E-state index contributed by atoms with van der Waals surface area (Å²) in [6.07, 6.45) is 6.31. The third kappa shape index (κ3) is 2.76. The highest BCUT2D eigenvalue weighted by Crippen LogP contribution is 2.41. The monoisotopic (exact) mass is 242 g/mol. The average Bonchev–Trinajstić information content (AvgIpc) is 3.12. The predicted molar refractivity (Wildman–Crippen MR) is 70.1 cm³/mol. The van der Waals surface area contributed by atoms with Crippen LogP contribution in [0.3, 0.4) is 0 Å². The molecule has 4 heteroatoms. The van der Waals surface area contributed by atoms with Gasteiger partial charge in [-0.05, 0) is 29.9 Å². The van der Waals surface area contributed by atoms with Gasteiger partial charge < -0.3 is 5.32 Å². The highest BCUT2D eigenvalue weighted by atomic mass is 15.4. The summed E-state index contributed by atoms with van der Waals surface area (Å²) >= 11 is 0. The molecule has 3 rings (SSSR count). The van der Waals surface area contributed by atoms with Gasteiger partial charge in [0, 0.05) is 19.3 Å². The van der Waals surface area contributed by atoms with E-state index >= 15 is 0 Å². The van der Waals surface area contributed by atoms with E-state index in [2.05, 4.69) is 39.9 Å². The maximum Gasteiger partial charge on any atom is 0.0692 e. The number of benzene rings is 1. The van der Waals surface area contributed by atoms with Gasteiger partial charge in [-0.3, -0.25) is 4.68 Å². The Morgan fingerprint density at radius 1 is 1.28 bits per heavy atom. The Bertz CT molecular complexity index is 488. The SMILES string of the molecule is c1ccc(C2CC2)c(CNCCn2ccnn2)c1. The predicted octanol–water partition coefficient (Wildman–Crippen LogP) is 1.95. The van der Waals surface area contributed by atoms with Crippen molar-refractivity contribution in [2.75, 3.05) is 6.54 Å². The molecule has 1 fully saturated rings. The molecule has 2 aromatic rings. The fourth-order valence-electron chi connectivity index (χ4n) is 2.26. The van der Waals surface area contributed by atoms with Crippen molar-refractivity contribution in [2.24, 2.45) is 0 Å². The van der Waals surface area contributed by atoms with E-state index < -0.39 is 0 Å². The van der Waals surface area contributed by atoms with Crippen molar-refractivity contribution in [3.63, 3.8) is 0 Å². The van der Waals surface area contributed by atoms with Gasteiger partial charge in [0.2, 0.25) is 0 Å². The van der Waals surface area contributed by atoms with Gasteiger partial charge in [0.15, 0.2) is 0 Å². The van der Waals surface area contributed by atoms with Crippen molar-refractivity contribution in [3.05, 3.63) is 47.8 Å². The highest BCUT2D eigenvalue weighted by molar-refractivity contribution is 5.33. The summed E-state index contributed by atoms with van der Waals surface area (Å²) < 4.78 is 1.85. The Morgan fingerprint density at radius 2 is 2.17 bits per heavy atom. The molecule has 1 N–H and O–H groups in total. The highest BCUT2D eigenvalue weighted by Gasteiger charge is 2.25. The Balaban J connectivity index is 1.50. The molecule has 0 bridgehead atoms. The zero-order valence-corrected chi connectivity index (χ0v) is 10.4. The second kappa shape index (κ2) is 5.31. The summed E-state index contributed by atoms with van der Waals surface area (Å²) in [7, 11) is 0. The summed E-state index contributed by atoms with van der Waals surface area (Å²) in [6.45, 7) is 2.73. The molecule has 18 heavy (non-hydrogen) atoms. The zero-order chi connectivity index (χ0) is 12.2. The fraction of sp³-hybridized carbons (Fsp3) is 0.429. The minimum Gasteiger partial charge on any atom is -0.311 e. The van der Waals surface area contributed by atoms with Gasteiger partial charge in [-0.1, -0.05) is 29.5 Å². The van der Waals surface area contributed by atoms with E-state index in [1.54, 1.807) is 6.20 Å². The van der Waals surface area contributed by atoms with E-state index in [1.165, 1.54) is 24.0 Å². The van der Waals surface area contributed by atoms with Crippen molar-refractivity contribution in [3.8, 4) is 0 Å². The summed E-state index contributed by atoms with van der Waals surface area (Å²) in [5.41, 5.74) is 2.98. The van der Waals surface area contributed by atoms with Crippen LogP contribution in [0.5, 0.6) is 0 Å². The first-order valence-corrected chi connectivity index (χ1v) is 6.56. The van der Waals surface area contributed by atoms with Gasteiger partial charge in [0.25, 0.3) is 0 Å². The van der Waals surface area contributed by atoms with Gasteiger partial charge in [-0.15, -0.1) is 5.10 Å². The van der Waals surface area contributed by atoms with Crippen LogP contribution < -0.4 is 5.32 Å². The molecule has 1 aromatic carbocycles. The lowest BCUT2D eigenvalue weighted by atomic mass is 10.0. The van der Waals surface area contributed by atoms with Crippen LogP contribution >= 0.6 is 0 Å². The van der Waals surface area contributed by atoms with E-state index in [9.17, 15) is 0 Å². The summed E-state index contributed by atoms with van der Waals surface area (Å²) in [5.74, 6) is 0.818. The van der Waals surface area contributed by atoms with Crippen LogP contribution in [0.25, 0.3) is 0 Å². The molecule has 1 heterocycles. The quantitative estimate of drug-likeness (QED) is 0.787. The van der Waals surface area contributed by atoms with Crippen LogP contribution in [-0.2, 0) is 13.1 Å². The number of hydrogen-bond donors (Lipinski definition) is 1. The number of aromatic nitrogens is 3. The first kappa shape index (κ1) is 11.4. The molecular weight excluding hydrogens is 224 g/mol. The Morgan fingerprint density at radius 3 is 2.94 bits per heavy atom. The van der Waals surface area contributed by atoms with Gasteiger partial charge in [0.05, 0.1) is 12.7 Å². The third-order valence-corrected chi connectivity index (χ3v) is 3.38. The average molecular weight is 242 g/mol. The van der Waals surface area contributed by atoms with Crippen molar-refractivity contribution >= 4 is 0 Å².